The van der Waals surface area contributed by atoms with Crippen molar-refractivity contribution in [2.75, 3.05) is 31.2 Å². The molecule has 116 valence electrons. The first-order valence-corrected chi connectivity index (χ1v) is 8.73. The van der Waals surface area contributed by atoms with E-state index in [4.69, 9.17) is 5.73 Å². The second kappa shape index (κ2) is 7.82. The van der Waals surface area contributed by atoms with Crippen molar-refractivity contribution in [2.24, 2.45) is 11.7 Å². The molecule has 1 fully saturated rings. The summed E-state index contributed by atoms with van der Waals surface area (Å²) < 4.78 is 0. The van der Waals surface area contributed by atoms with Crippen LogP contribution in [0.25, 0.3) is 0 Å². The number of anilines is 1. The molecule has 1 aliphatic rings. The number of nitrogens with one attached hydrogen (secondary N) is 1. The molecule has 0 aromatic heterocycles. The molecule has 1 aliphatic heterocycles. The Morgan fingerprint density at radius 1 is 1.43 bits per heavy atom. The Bertz CT molecular complexity index is 470. The molecule has 1 amide bonds. The largest absolute Gasteiger partial charge is 0.328 e. The highest BCUT2D eigenvalue weighted by Crippen LogP contribution is 2.24. The summed E-state index contributed by atoms with van der Waals surface area (Å²) in [5.41, 5.74) is 6.85. The lowest BCUT2D eigenvalue weighted by Gasteiger charge is -2.33. The standard InChI is InChI=1S/C16H25N3OS/c1-12(17)13-7-9-19(10-8-13)11-16(20)18-14-5-3-4-6-15(14)21-2/h3-6,12-13H,7-11,17H2,1-2H3,(H,18,20). The van der Waals surface area contributed by atoms with Gasteiger partial charge in [0, 0.05) is 10.9 Å². The lowest BCUT2D eigenvalue weighted by Crippen LogP contribution is -2.42. The third kappa shape index (κ3) is 4.73. The van der Waals surface area contributed by atoms with Crippen molar-refractivity contribution in [1.82, 2.24) is 4.90 Å². The van der Waals surface area contributed by atoms with Gasteiger partial charge in [-0.15, -0.1) is 11.8 Å². The van der Waals surface area contributed by atoms with Crippen LogP contribution in [0, 0.1) is 5.92 Å². The van der Waals surface area contributed by atoms with Crippen molar-refractivity contribution in [3.05, 3.63) is 24.3 Å². The average molecular weight is 307 g/mol. The van der Waals surface area contributed by atoms with Crippen LogP contribution in [0.1, 0.15) is 19.8 Å². The van der Waals surface area contributed by atoms with Crippen LogP contribution in [0.3, 0.4) is 0 Å². The minimum absolute atomic E-state index is 0.0655. The summed E-state index contributed by atoms with van der Waals surface area (Å²) in [6, 6.07) is 8.17. The van der Waals surface area contributed by atoms with Gasteiger partial charge in [0.05, 0.1) is 12.2 Å². The fourth-order valence-corrected chi connectivity index (χ4v) is 3.33. The zero-order valence-electron chi connectivity index (χ0n) is 12.8. The first kappa shape index (κ1) is 16.3. The summed E-state index contributed by atoms with van der Waals surface area (Å²) in [7, 11) is 0. The van der Waals surface area contributed by atoms with E-state index >= 15 is 0 Å². The number of rotatable bonds is 5. The smallest absolute Gasteiger partial charge is 0.238 e. The van der Waals surface area contributed by atoms with E-state index in [2.05, 4.69) is 17.1 Å². The maximum absolute atomic E-state index is 12.2. The van der Waals surface area contributed by atoms with Crippen LogP contribution in [-0.2, 0) is 4.79 Å². The fraction of sp³-hybridized carbons (Fsp3) is 0.562. The molecule has 4 nitrogen and oxygen atoms in total. The van der Waals surface area contributed by atoms with Gasteiger partial charge in [0.2, 0.25) is 5.91 Å². The lowest BCUT2D eigenvalue weighted by atomic mass is 9.91. The van der Waals surface area contributed by atoms with Crippen molar-refractivity contribution in [1.29, 1.82) is 0 Å². The quantitative estimate of drug-likeness (QED) is 0.820. The molecule has 1 atom stereocenters. The van der Waals surface area contributed by atoms with Gasteiger partial charge < -0.3 is 11.1 Å². The van der Waals surface area contributed by atoms with Gasteiger partial charge in [-0.1, -0.05) is 12.1 Å². The molecule has 1 saturated heterocycles. The van der Waals surface area contributed by atoms with Crippen LogP contribution in [0.2, 0.25) is 0 Å². The summed E-state index contributed by atoms with van der Waals surface area (Å²) in [6.07, 6.45) is 4.20. The number of thioether (sulfide) groups is 1. The zero-order valence-corrected chi connectivity index (χ0v) is 13.7. The van der Waals surface area contributed by atoms with E-state index in [0.29, 0.717) is 12.5 Å². The summed E-state index contributed by atoms with van der Waals surface area (Å²) in [6.45, 7) is 4.47. The maximum atomic E-state index is 12.2. The van der Waals surface area contributed by atoms with Crippen LogP contribution >= 0.6 is 11.8 Å². The van der Waals surface area contributed by atoms with Gasteiger partial charge in [-0.25, -0.2) is 0 Å². The first-order chi connectivity index (χ1) is 10.1. The lowest BCUT2D eigenvalue weighted by molar-refractivity contribution is -0.117. The average Bonchev–Trinajstić information content (AvgIpc) is 2.48. The number of hydrogen-bond acceptors (Lipinski definition) is 4. The third-order valence-corrected chi connectivity index (χ3v) is 4.92. The number of benzene rings is 1. The van der Waals surface area contributed by atoms with E-state index in [-0.39, 0.29) is 11.9 Å². The van der Waals surface area contributed by atoms with E-state index in [9.17, 15) is 4.79 Å². The molecule has 0 radical (unpaired) electrons. The van der Waals surface area contributed by atoms with E-state index in [1.165, 1.54) is 0 Å². The maximum Gasteiger partial charge on any atom is 0.238 e. The molecule has 21 heavy (non-hydrogen) atoms. The summed E-state index contributed by atoms with van der Waals surface area (Å²) in [5, 5.41) is 3.02. The Balaban J connectivity index is 1.83. The molecule has 0 bridgehead atoms. The predicted octanol–water partition coefficient (Wildman–Crippen LogP) is 2.41. The number of likely N-dealkylation sites (tertiary alicyclic amines) is 1. The number of piperidine rings is 1. The summed E-state index contributed by atoms with van der Waals surface area (Å²) in [4.78, 5) is 15.5. The van der Waals surface area contributed by atoms with Crippen molar-refractivity contribution in [2.45, 2.75) is 30.7 Å². The number of nitrogens with two attached hydrogens (primary N) is 1. The monoisotopic (exact) mass is 307 g/mol. The molecule has 0 aliphatic carbocycles. The van der Waals surface area contributed by atoms with E-state index in [1.807, 2.05) is 30.5 Å². The van der Waals surface area contributed by atoms with Gasteiger partial charge in [-0.2, -0.15) is 0 Å². The topological polar surface area (TPSA) is 58.4 Å². The van der Waals surface area contributed by atoms with Crippen LogP contribution in [-0.4, -0.2) is 42.7 Å². The molecule has 1 unspecified atom stereocenters. The predicted molar refractivity (Wildman–Crippen MR) is 89.7 cm³/mol. The van der Waals surface area contributed by atoms with Gasteiger partial charge in [0.25, 0.3) is 0 Å². The second-order valence-electron chi connectivity index (χ2n) is 5.72. The van der Waals surface area contributed by atoms with E-state index < -0.39 is 0 Å². The van der Waals surface area contributed by atoms with Gasteiger partial charge >= 0.3 is 0 Å². The van der Waals surface area contributed by atoms with Crippen LogP contribution < -0.4 is 11.1 Å². The normalized spacial score (nSPS) is 18.4. The van der Waals surface area contributed by atoms with Crippen molar-refractivity contribution < 1.29 is 4.79 Å². The molecule has 2 rings (SSSR count). The number of amides is 1. The highest BCUT2D eigenvalue weighted by Gasteiger charge is 2.23. The SMILES string of the molecule is CSc1ccccc1NC(=O)CN1CCC(C(C)N)CC1. The van der Waals surface area contributed by atoms with Gasteiger partial charge in [0.1, 0.15) is 0 Å². The van der Waals surface area contributed by atoms with Gasteiger partial charge in [-0.3, -0.25) is 9.69 Å². The number of para-hydroxylation sites is 1. The second-order valence-corrected chi connectivity index (χ2v) is 6.57. The van der Waals surface area contributed by atoms with Gasteiger partial charge in [-0.05, 0) is 57.2 Å². The van der Waals surface area contributed by atoms with E-state index in [1.54, 1.807) is 11.8 Å². The fourth-order valence-electron chi connectivity index (χ4n) is 2.78. The molecule has 3 N–H and O–H groups in total. The third-order valence-electron chi connectivity index (χ3n) is 4.12. The van der Waals surface area contributed by atoms with Crippen LogP contribution in [0.5, 0.6) is 0 Å². The van der Waals surface area contributed by atoms with Crippen molar-refractivity contribution >= 4 is 23.4 Å². The van der Waals surface area contributed by atoms with Crippen molar-refractivity contribution in [3.8, 4) is 0 Å². The minimum atomic E-state index is 0.0655. The molecule has 0 spiro atoms. The first-order valence-electron chi connectivity index (χ1n) is 7.51. The Kier molecular flexibility index (Phi) is 6.08. The molecule has 1 aromatic carbocycles. The van der Waals surface area contributed by atoms with Crippen LogP contribution in [0.15, 0.2) is 29.2 Å². The van der Waals surface area contributed by atoms with Gasteiger partial charge in [0.15, 0.2) is 0 Å². The number of hydrogen-bond donors (Lipinski definition) is 2. The van der Waals surface area contributed by atoms with E-state index in [0.717, 1.165) is 36.5 Å². The number of nitrogens with zero attached hydrogens (tertiary/aromatic N) is 1. The Morgan fingerprint density at radius 3 is 2.71 bits per heavy atom. The van der Waals surface area contributed by atoms with Crippen molar-refractivity contribution in [3.63, 3.8) is 0 Å². The van der Waals surface area contributed by atoms with Crippen LogP contribution in [0.4, 0.5) is 5.69 Å². The summed E-state index contributed by atoms with van der Waals surface area (Å²) >= 11 is 1.64. The highest BCUT2D eigenvalue weighted by molar-refractivity contribution is 7.98. The highest BCUT2D eigenvalue weighted by atomic mass is 32.2. The minimum Gasteiger partial charge on any atom is -0.328 e. The molecule has 1 aromatic rings. The molecule has 0 saturated carbocycles. The molecular weight excluding hydrogens is 282 g/mol. The zero-order chi connectivity index (χ0) is 15.2. The molecule has 5 heteroatoms. The number of carbonyl (C=O) groups is 1. The molecular formula is C16H25N3OS. The number of carbonyl (C=O) groups excluding carboxylic acids is 1. The summed E-state index contributed by atoms with van der Waals surface area (Å²) in [5.74, 6) is 0.664. The Labute approximate surface area is 131 Å². The Hall–Kier alpha value is -1.04. The molecule has 1 heterocycles. The Morgan fingerprint density at radius 2 is 2.10 bits per heavy atom.